The smallest absolute Gasteiger partial charge is 0.331 e. The van der Waals surface area contributed by atoms with E-state index < -0.39 is 89.1 Å². The van der Waals surface area contributed by atoms with E-state index in [0.29, 0.717) is 16.7 Å². The molecule has 2 bridgehead atoms. The first-order chi connectivity index (χ1) is 22.4. The van der Waals surface area contributed by atoms with Crippen molar-refractivity contribution >= 4 is 35.9 Å². The molecule has 2 saturated carbocycles. The molecule has 1 aromatic carbocycles. The maximum absolute atomic E-state index is 13.1. The average molecular weight is 667 g/mol. The van der Waals surface area contributed by atoms with Crippen molar-refractivity contribution in [3.05, 3.63) is 65.3 Å². The summed E-state index contributed by atoms with van der Waals surface area (Å²) >= 11 is 0. The third-order valence-electron chi connectivity index (χ3n) is 10.2. The Morgan fingerprint density at radius 3 is 1.96 bits per heavy atom. The van der Waals surface area contributed by atoms with Crippen molar-refractivity contribution in [2.45, 2.75) is 105 Å². The van der Waals surface area contributed by atoms with Gasteiger partial charge in [-0.2, -0.15) is 0 Å². The van der Waals surface area contributed by atoms with E-state index in [1.807, 2.05) is 44.2 Å². The molecule has 4 rings (SSSR count). The lowest BCUT2D eigenvalue weighted by Crippen LogP contribution is -2.68. The second-order valence-electron chi connectivity index (χ2n) is 13.7. The Bertz CT molecular complexity index is 1520. The molecular formula is C37H46O11. The number of benzene rings is 1. The lowest BCUT2D eigenvalue weighted by molar-refractivity contribution is -0.225. The van der Waals surface area contributed by atoms with Crippen LogP contribution < -0.4 is 0 Å². The molecule has 0 heterocycles. The van der Waals surface area contributed by atoms with Gasteiger partial charge in [0.2, 0.25) is 0 Å². The molecule has 0 aromatic heterocycles. The normalized spacial score (nSPS) is 32.6. The number of esters is 5. The summed E-state index contributed by atoms with van der Waals surface area (Å²) in [5.41, 5.74) is -0.149. The van der Waals surface area contributed by atoms with Crippen LogP contribution in [-0.4, -0.2) is 71.6 Å². The lowest BCUT2D eigenvalue weighted by atomic mass is 9.48. The molecule has 11 nitrogen and oxygen atoms in total. The fourth-order valence-corrected chi connectivity index (χ4v) is 8.21. The minimum absolute atomic E-state index is 0.0736. The van der Waals surface area contributed by atoms with E-state index in [4.69, 9.17) is 23.7 Å². The molecule has 260 valence electrons. The highest BCUT2D eigenvalue weighted by atomic mass is 16.6. The van der Waals surface area contributed by atoms with Crippen LogP contribution in [0.1, 0.15) is 73.8 Å². The SMILES string of the molecule is C=C1[C@@H](OC(=O)/C=C/c2ccccc2)C[C@H](OC(C)=O)[C@@]2(C)[C@@H](OC(C)=O)[C@H](OC(C)=O)C3=C(C)[C@@H](OC(C)=O)C[C@@H]([C@@H](O)[C@H]12)C3(C)C. The highest BCUT2D eigenvalue weighted by Crippen LogP contribution is 2.61. The molecule has 1 aromatic rings. The van der Waals surface area contributed by atoms with Gasteiger partial charge >= 0.3 is 29.8 Å². The summed E-state index contributed by atoms with van der Waals surface area (Å²) in [6.07, 6.45) is -3.74. The predicted octanol–water partition coefficient (Wildman–Crippen LogP) is 4.66. The Morgan fingerprint density at radius 1 is 0.812 bits per heavy atom. The quantitative estimate of drug-likeness (QED) is 0.187. The van der Waals surface area contributed by atoms with Crippen LogP contribution in [0.25, 0.3) is 6.08 Å². The van der Waals surface area contributed by atoms with Crippen molar-refractivity contribution in [1.29, 1.82) is 0 Å². The molecule has 48 heavy (non-hydrogen) atoms. The van der Waals surface area contributed by atoms with E-state index in [2.05, 4.69) is 6.58 Å². The van der Waals surface area contributed by atoms with Gasteiger partial charge in [0.05, 0.1) is 11.5 Å². The molecule has 9 atom stereocenters. The highest BCUT2D eigenvalue weighted by molar-refractivity contribution is 5.87. The zero-order chi connectivity index (χ0) is 35.7. The highest BCUT2D eigenvalue weighted by Gasteiger charge is 2.67. The van der Waals surface area contributed by atoms with Crippen molar-refractivity contribution in [3.8, 4) is 0 Å². The number of aliphatic hydroxyl groups is 1. The lowest BCUT2D eigenvalue weighted by Gasteiger charge is -2.61. The zero-order valence-electron chi connectivity index (χ0n) is 28.8. The van der Waals surface area contributed by atoms with Crippen LogP contribution in [0.2, 0.25) is 0 Å². The fourth-order valence-electron chi connectivity index (χ4n) is 8.21. The molecule has 0 saturated heterocycles. The number of carbonyl (C=O) groups is 5. The summed E-state index contributed by atoms with van der Waals surface area (Å²) in [5, 5.41) is 12.5. The van der Waals surface area contributed by atoms with Crippen molar-refractivity contribution in [2.75, 3.05) is 0 Å². The minimum atomic E-state index is -1.45. The summed E-state index contributed by atoms with van der Waals surface area (Å²) < 4.78 is 29.6. The number of rotatable bonds is 7. The third kappa shape index (κ3) is 7.11. The van der Waals surface area contributed by atoms with E-state index in [0.717, 1.165) is 5.56 Å². The maximum atomic E-state index is 13.1. The van der Waals surface area contributed by atoms with Crippen molar-refractivity contribution in [2.24, 2.45) is 22.7 Å². The molecule has 2 fully saturated rings. The number of hydrogen-bond donors (Lipinski definition) is 1. The van der Waals surface area contributed by atoms with Crippen LogP contribution in [0.4, 0.5) is 0 Å². The molecular weight excluding hydrogens is 620 g/mol. The molecule has 0 unspecified atom stereocenters. The summed E-state index contributed by atoms with van der Waals surface area (Å²) in [5.74, 6) is -4.93. The standard InChI is InChI=1S/C37H46O11/c1-19-28(48-30(42)16-15-25-13-11-10-12-14-25)18-29(45-22(4)39)37(9)31(19)33(43)26-17-27(44-21(3)38)20(2)32(36(26,7)8)34(46-23(5)40)35(37)47-24(6)41/h10-16,26-29,31,33-35,43H,1,17-18H2,2-9H3/b16-15+/t26-,27-,28-,29-,31-,33+,34+,35-,37+/m0/s1. The van der Waals surface area contributed by atoms with Gasteiger partial charge in [0.25, 0.3) is 0 Å². The van der Waals surface area contributed by atoms with Gasteiger partial charge < -0.3 is 28.8 Å². The Morgan fingerprint density at radius 2 is 1.40 bits per heavy atom. The van der Waals surface area contributed by atoms with Crippen molar-refractivity contribution in [3.63, 3.8) is 0 Å². The molecule has 0 spiro atoms. The van der Waals surface area contributed by atoms with Gasteiger partial charge in [0, 0.05) is 46.1 Å². The van der Waals surface area contributed by atoms with Gasteiger partial charge in [-0.1, -0.05) is 57.7 Å². The van der Waals surface area contributed by atoms with E-state index in [1.54, 1.807) is 19.9 Å². The second kappa shape index (κ2) is 14.1. The zero-order valence-corrected chi connectivity index (χ0v) is 28.8. The van der Waals surface area contributed by atoms with Gasteiger partial charge in [0.1, 0.15) is 18.3 Å². The third-order valence-corrected chi connectivity index (χ3v) is 10.2. The Balaban J connectivity index is 1.93. The number of hydrogen-bond acceptors (Lipinski definition) is 11. The number of fused-ring (bicyclic) bond motifs is 3. The minimum Gasteiger partial charge on any atom is -0.462 e. The molecule has 1 N–H and O–H groups in total. The van der Waals surface area contributed by atoms with Crippen LogP contribution in [-0.2, 0) is 47.7 Å². The predicted molar refractivity (Wildman–Crippen MR) is 174 cm³/mol. The molecule has 0 aliphatic heterocycles. The van der Waals surface area contributed by atoms with Crippen LogP contribution >= 0.6 is 0 Å². The van der Waals surface area contributed by atoms with Crippen LogP contribution in [0.5, 0.6) is 0 Å². The van der Waals surface area contributed by atoms with Gasteiger partial charge in [-0.05, 0) is 53.0 Å². The van der Waals surface area contributed by atoms with Crippen LogP contribution in [0, 0.1) is 22.7 Å². The summed E-state index contributed by atoms with van der Waals surface area (Å²) in [4.78, 5) is 63.7. The topological polar surface area (TPSA) is 152 Å². The first-order valence-corrected chi connectivity index (χ1v) is 16.1. The maximum Gasteiger partial charge on any atom is 0.331 e. The first-order valence-electron chi connectivity index (χ1n) is 16.1. The van der Waals surface area contributed by atoms with Crippen LogP contribution in [0.3, 0.4) is 0 Å². The molecule has 0 amide bonds. The van der Waals surface area contributed by atoms with E-state index >= 15 is 0 Å². The summed E-state index contributed by atoms with van der Waals surface area (Å²) in [6.45, 7) is 16.5. The first kappa shape index (κ1) is 36.6. The number of ether oxygens (including phenoxy) is 5. The van der Waals surface area contributed by atoms with Gasteiger partial charge in [-0.3, -0.25) is 19.2 Å². The number of aliphatic hydroxyl groups excluding tert-OH is 1. The molecule has 11 heteroatoms. The molecule has 3 aliphatic rings. The summed E-state index contributed by atoms with van der Waals surface area (Å²) in [7, 11) is 0. The largest absolute Gasteiger partial charge is 0.462 e. The fraction of sp³-hybridized carbons (Fsp3) is 0.541. The summed E-state index contributed by atoms with van der Waals surface area (Å²) in [6, 6.07) is 9.16. The molecule has 3 aliphatic carbocycles. The monoisotopic (exact) mass is 666 g/mol. The van der Waals surface area contributed by atoms with E-state index in [-0.39, 0.29) is 12.8 Å². The van der Waals surface area contributed by atoms with Gasteiger partial charge in [-0.25, -0.2) is 4.79 Å². The second-order valence-corrected chi connectivity index (χ2v) is 13.7. The Hall–Kier alpha value is -4.25. The van der Waals surface area contributed by atoms with Crippen LogP contribution in [0.15, 0.2) is 59.7 Å². The van der Waals surface area contributed by atoms with E-state index in [9.17, 15) is 29.1 Å². The molecule has 0 radical (unpaired) electrons. The van der Waals surface area contributed by atoms with Gasteiger partial charge in [0.15, 0.2) is 12.2 Å². The average Bonchev–Trinajstić information content (AvgIpc) is 2.97. The van der Waals surface area contributed by atoms with Gasteiger partial charge in [-0.15, -0.1) is 0 Å². The van der Waals surface area contributed by atoms with E-state index in [1.165, 1.54) is 33.8 Å². The Kier molecular flexibility index (Phi) is 10.7. The Labute approximate surface area is 281 Å². The van der Waals surface area contributed by atoms with Crippen molar-refractivity contribution in [1.82, 2.24) is 0 Å². The number of carbonyl (C=O) groups excluding carboxylic acids is 5. The van der Waals surface area contributed by atoms with Crippen molar-refractivity contribution < 1.29 is 52.8 Å².